The van der Waals surface area contributed by atoms with E-state index in [4.69, 9.17) is 20.1 Å². The van der Waals surface area contributed by atoms with Crippen LogP contribution in [0.4, 0.5) is 14.6 Å². The number of nitrogens with zero attached hydrogens (tertiary/aromatic N) is 5. The molecule has 0 saturated heterocycles. The van der Waals surface area contributed by atoms with Gasteiger partial charge in [0.1, 0.15) is 12.2 Å². The lowest BCUT2D eigenvalue weighted by Crippen LogP contribution is -2.33. The van der Waals surface area contributed by atoms with Crippen molar-refractivity contribution < 1.29 is 33.3 Å². The van der Waals surface area contributed by atoms with Crippen LogP contribution in [0.1, 0.15) is 53.2 Å². The van der Waals surface area contributed by atoms with Gasteiger partial charge in [0.25, 0.3) is 0 Å². The van der Waals surface area contributed by atoms with Gasteiger partial charge >= 0.3 is 0 Å². The molecule has 3 aromatic rings. The molecule has 5 rings (SSSR count). The van der Waals surface area contributed by atoms with E-state index < -0.39 is 54.9 Å². The van der Waals surface area contributed by atoms with E-state index in [1.807, 2.05) is 0 Å². The van der Waals surface area contributed by atoms with Gasteiger partial charge in [-0.05, 0) is 30.5 Å². The quantitative estimate of drug-likeness (QED) is 0.228. The number of nitrogens with one attached hydrogen (secondary N) is 1. The molecular weight excluding hydrogens is 492 g/mol. The molecule has 0 aliphatic heterocycles. The van der Waals surface area contributed by atoms with Crippen molar-refractivity contribution in [2.75, 3.05) is 24.2 Å². The molecule has 2 aromatic heterocycles. The number of fused-ring (bicyclic) bond motifs is 1. The maximum absolute atomic E-state index is 13.8. The third-order valence-electron chi connectivity index (χ3n) is 6.34. The Bertz CT molecular complexity index is 1500. The van der Waals surface area contributed by atoms with Crippen LogP contribution in [0.15, 0.2) is 23.4 Å². The first-order chi connectivity index (χ1) is 20.1. The predicted octanol–water partition coefficient (Wildman–Crippen LogP) is 1.98. The van der Waals surface area contributed by atoms with Crippen LogP contribution >= 0.6 is 11.8 Å². The second-order valence-electron chi connectivity index (χ2n) is 8.64. The third kappa shape index (κ3) is 4.90. The van der Waals surface area contributed by atoms with Crippen LogP contribution < -0.4 is 11.1 Å². The summed E-state index contributed by atoms with van der Waals surface area (Å²) in [6, 6.07) is 2.36. The molecule has 10 nitrogen and oxygen atoms in total. The van der Waals surface area contributed by atoms with E-state index in [1.54, 1.807) is 0 Å². The lowest BCUT2D eigenvalue weighted by molar-refractivity contribution is -0.0546. The van der Waals surface area contributed by atoms with Crippen molar-refractivity contribution in [2.45, 2.75) is 67.5 Å². The summed E-state index contributed by atoms with van der Waals surface area (Å²) in [7, 11) is 0. The summed E-state index contributed by atoms with van der Waals surface area (Å²) >= 11 is 0.150. The van der Waals surface area contributed by atoms with E-state index in [0.29, 0.717) is 12.0 Å². The Balaban J connectivity index is 1.51. The normalized spacial score (nSPS) is 31.6. The van der Waals surface area contributed by atoms with Gasteiger partial charge in [-0.3, -0.25) is 0 Å². The molecule has 2 aliphatic carbocycles. The van der Waals surface area contributed by atoms with Crippen LogP contribution in [-0.2, 0) is 4.74 Å². The zero-order valence-electron chi connectivity index (χ0n) is 25.8. The van der Waals surface area contributed by atoms with Gasteiger partial charge in [0.2, 0.25) is 0 Å². The first kappa shape index (κ1) is 17.9. The highest BCUT2D eigenvalue weighted by atomic mass is 32.2. The Hall–Kier alpha value is -2.45. The maximum Gasteiger partial charge on any atom is 0.191 e. The van der Waals surface area contributed by atoms with Crippen LogP contribution in [0.5, 0.6) is 0 Å². The molecule has 5 N–H and O–H groups in total. The van der Waals surface area contributed by atoms with Gasteiger partial charge in [0.05, 0.1) is 18.8 Å². The number of nitrogens with two attached hydrogens (primary N) is 1. The highest BCUT2D eigenvalue weighted by Gasteiger charge is 2.45. The summed E-state index contributed by atoms with van der Waals surface area (Å²) in [5.41, 5.74) is 3.08. The number of halogens is 2. The van der Waals surface area contributed by atoms with Gasteiger partial charge in [-0.1, -0.05) is 29.9 Å². The summed E-state index contributed by atoms with van der Waals surface area (Å²) < 4.78 is 89.0. The summed E-state index contributed by atoms with van der Waals surface area (Å²) in [5, 5.41) is 32.3. The summed E-state index contributed by atoms with van der Waals surface area (Å²) in [6.45, 7) is -2.98. The minimum atomic E-state index is -3.31. The summed E-state index contributed by atoms with van der Waals surface area (Å²) in [5.74, 6) is -2.16. The van der Waals surface area contributed by atoms with Crippen molar-refractivity contribution in [3.05, 3.63) is 35.4 Å². The molecule has 194 valence electrons. The predicted molar refractivity (Wildman–Crippen MR) is 130 cm³/mol. The SMILES string of the molecule is [2H]C([2H])([2H])C([2H])([2H])C([2H])([2H])Sc1nc(N[C@@H]2C[C@H]2c2ccc(F)c(F)c2)c2nnn([C@@H]3C[C@H](OCCN)[C@@H](O)[C@H]3O)c2n1. The fourth-order valence-corrected chi connectivity index (χ4v) is 4.90. The lowest BCUT2D eigenvalue weighted by Gasteiger charge is -2.17. The molecule has 2 saturated carbocycles. The van der Waals surface area contributed by atoms with E-state index in [-0.39, 0.29) is 65.4 Å². The van der Waals surface area contributed by atoms with Gasteiger partial charge in [-0.15, -0.1) is 5.10 Å². The molecule has 2 heterocycles. The number of hydrogen-bond acceptors (Lipinski definition) is 10. The second kappa shape index (κ2) is 10.5. The Kier molecular flexibility index (Phi) is 5.22. The van der Waals surface area contributed by atoms with E-state index in [0.717, 1.165) is 12.1 Å². The van der Waals surface area contributed by atoms with E-state index in [2.05, 4.69) is 25.6 Å². The molecule has 1 aromatic carbocycles. The van der Waals surface area contributed by atoms with Gasteiger partial charge in [-0.25, -0.2) is 23.4 Å². The molecular formula is C23H29F2N7O3S. The van der Waals surface area contributed by atoms with Crippen molar-refractivity contribution in [1.82, 2.24) is 25.0 Å². The Labute approximate surface area is 220 Å². The largest absolute Gasteiger partial charge is 0.388 e. The number of rotatable bonds is 10. The second-order valence-corrected chi connectivity index (χ2v) is 9.41. The average Bonchev–Trinajstić information content (AvgIpc) is 3.47. The minimum Gasteiger partial charge on any atom is -0.388 e. The van der Waals surface area contributed by atoms with Gasteiger partial charge in [0, 0.05) is 40.2 Å². The third-order valence-corrected chi connectivity index (χ3v) is 6.91. The molecule has 0 radical (unpaired) electrons. The Morgan fingerprint density at radius 3 is 2.92 bits per heavy atom. The van der Waals surface area contributed by atoms with Crippen molar-refractivity contribution in [3.63, 3.8) is 0 Å². The highest BCUT2D eigenvalue weighted by molar-refractivity contribution is 7.99. The molecule has 13 heteroatoms. The summed E-state index contributed by atoms with van der Waals surface area (Å²) in [6.07, 6.45) is -6.12. The number of aliphatic hydroxyl groups is 2. The number of ether oxygens (including phenoxy) is 1. The first-order valence-corrected chi connectivity index (χ1v) is 12.1. The highest BCUT2D eigenvalue weighted by Crippen LogP contribution is 2.44. The molecule has 6 atom stereocenters. The first-order valence-electron chi connectivity index (χ1n) is 14.8. The van der Waals surface area contributed by atoms with Gasteiger partial charge in [-0.2, -0.15) is 0 Å². The maximum atomic E-state index is 13.8. The number of hydrogen-bond donors (Lipinski definition) is 4. The number of anilines is 1. The average molecular weight is 529 g/mol. The van der Waals surface area contributed by atoms with Gasteiger partial charge < -0.3 is 26.0 Å². The van der Waals surface area contributed by atoms with E-state index in [1.165, 1.54) is 10.7 Å². The molecule has 0 spiro atoms. The standard InChI is InChI=1S/C23H29F2N7O3S/c1-2-7-36-23-28-21(27-15-9-12(15)11-3-4-13(24)14(25)8-11)18-22(29-23)32(31-30-18)16-10-17(35-6-5-26)20(34)19(16)33/h3-4,8,12,15-17,19-20,33-34H,2,5-7,9-10,26H2,1H3,(H,27,28,29)/t12-,15+,16+,17-,19-,20+/m0/s1/i1D3,2D2,7D2. The number of benzene rings is 1. The van der Waals surface area contributed by atoms with Gasteiger partial charge in [0.15, 0.2) is 33.8 Å². The van der Waals surface area contributed by atoms with Crippen molar-refractivity contribution in [2.24, 2.45) is 5.73 Å². The molecule has 0 unspecified atom stereocenters. The molecule has 0 amide bonds. The van der Waals surface area contributed by atoms with Crippen LogP contribution in [-0.4, -0.2) is 78.4 Å². The van der Waals surface area contributed by atoms with Crippen LogP contribution in [0.25, 0.3) is 11.2 Å². The van der Waals surface area contributed by atoms with Crippen LogP contribution in [0, 0.1) is 11.6 Å². The zero-order valence-corrected chi connectivity index (χ0v) is 19.6. The molecule has 2 aliphatic rings. The molecule has 0 bridgehead atoms. The number of aromatic nitrogens is 5. The lowest BCUT2D eigenvalue weighted by atomic mass is 10.1. The zero-order chi connectivity index (χ0) is 31.5. The summed E-state index contributed by atoms with van der Waals surface area (Å²) in [4.78, 5) is 8.61. The Morgan fingerprint density at radius 1 is 1.28 bits per heavy atom. The molecule has 2 fully saturated rings. The number of thioether (sulfide) groups is 1. The van der Waals surface area contributed by atoms with E-state index in [9.17, 15) is 19.0 Å². The molecule has 36 heavy (non-hydrogen) atoms. The van der Waals surface area contributed by atoms with Crippen molar-refractivity contribution >= 4 is 28.7 Å². The topological polar surface area (TPSA) is 144 Å². The van der Waals surface area contributed by atoms with Crippen LogP contribution in [0.3, 0.4) is 0 Å². The van der Waals surface area contributed by atoms with Crippen LogP contribution in [0.2, 0.25) is 0 Å². The minimum absolute atomic E-state index is 0.00834. The smallest absolute Gasteiger partial charge is 0.191 e. The fourth-order valence-electron chi connectivity index (χ4n) is 4.49. The van der Waals surface area contributed by atoms with Crippen molar-refractivity contribution in [1.29, 1.82) is 0 Å². The Morgan fingerprint density at radius 2 is 2.14 bits per heavy atom. The van der Waals surface area contributed by atoms with E-state index >= 15 is 0 Å². The van der Waals surface area contributed by atoms with Crippen molar-refractivity contribution in [3.8, 4) is 0 Å². The fraction of sp³-hybridized carbons (Fsp3) is 0.565. The number of aliphatic hydroxyl groups excluding tert-OH is 2. The monoisotopic (exact) mass is 528 g/mol.